The minimum absolute atomic E-state index is 0.414. The third kappa shape index (κ3) is 2.35. The van der Waals surface area contributed by atoms with Crippen molar-refractivity contribution < 1.29 is 13.2 Å². The molecule has 0 fully saturated rings. The monoisotopic (exact) mass is 292 g/mol. The van der Waals surface area contributed by atoms with Gasteiger partial charge in [-0.2, -0.15) is 22.8 Å². The molecule has 1 aromatic carbocycles. The molecule has 21 heavy (non-hydrogen) atoms. The van der Waals surface area contributed by atoms with Gasteiger partial charge in [-0.05, 0) is 37.6 Å². The van der Waals surface area contributed by atoms with Crippen molar-refractivity contribution in [3.8, 4) is 11.3 Å². The van der Waals surface area contributed by atoms with Gasteiger partial charge in [-0.1, -0.05) is 12.1 Å². The van der Waals surface area contributed by atoms with Crippen molar-refractivity contribution in [2.45, 2.75) is 20.0 Å². The van der Waals surface area contributed by atoms with Crippen LogP contribution in [-0.2, 0) is 6.18 Å². The smallest absolute Gasteiger partial charge is 0.197 e. The maximum atomic E-state index is 12.8. The van der Waals surface area contributed by atoms with Crippen LogP contribution >= 0.6 is 0 Å². The fourth-order valence-electron chi connectivity index (χ4n) is 2.16. The van der Waals surface area contributed by atoms with E-state index >= 15 is 0 Å². The minimum atomic E-state index is -4.37. The highest BCUT2D eigenvalue weighted by atomic mass is 19.4. The second kappa shape index (κ2) is 4.54. The number of alkyl halides is 3. The predicted octanol–water partition coefficient (Wildman–Crippen LogP) is 3.43. The molecule has 0 bridgehead atoms. The summed E-state index contributed by atoms with van der Waals surface area (Å²) in [6, 6.07) is 6.88. The second-order valence-electron chi connectivity index (χ2n) is 4.77. The highest BCUT2D eigenvalue weighted by Gasteiger charge is 2.30. The van der Waals surface area contributed by atoms with Crippen molar-refractivity contribution in [3.05, 3.63) is 47.3 Å². The van der Waals surface area contributed by atoms with Crippen molar-refractivity contribution in [3.63, 3.8) is 0 Å². The molecule has 0 aliphatic rings. The molecule has 0 radical (unpaired) electrons. The standard InChI is InChI=1S/C14H11F3N4/c1-8-6-12-19-18-9(2)21(12)20-13(8)10-4-3-5-11(7-10)14(15,16)17/h3-7H,1-2H3. The van der Waals surface area contributed by atoms with E-state index in [1.54, 1.807) is 26.0 Å². The molecular weight excluding hydrogens is 281 g/mol. The summed E-state index contributed by atoms with van der Waals surface area (Å²) in [5, 5.41) is 12.2. The van der Waals surface area contributed by atoms with Gasteiger partial charge in [0, 0.05) is 5.56 Å². The Hall–Kier alpha value is -2.44. The minimum Gasteiger partial charge on any atom is -0.197 e. The average Bonchev–Trinajstić information content (AvgIpc) is 2.78. The van der Waals surface area contributed by atoms with Gasteiger partial charge in [0.25, 0.3) is 0 Å². The van der Waals surface area contributed by atoms with Crippen LogP contribution in [0.3, 0.4) is 0 Å². The number of hydrogen-bond acceptors (Lipinski definition) is 3. The molecule has 0 spiro atoms. The van der Waals surface area contributed by atoms with Crippen molar-refractivity contribution in [1.82, 2.24) is 19.8 Å². The van der Waals surface area contributed by atoms with Crippen LogP contribution in [0.15, 0.2) is 30.3 Å². The number of aryl methyl sites for hydroxylation is 2. The number of rotatable bonds is 1. The van der Waals surface area contributed by atoms with Crippen LogP contribution in [0.25, 0.3) is 16.9 Å². The van der Waals surface area contributed by atoms with Crippen molar-refractivity contribution in [2.24, 2.45) is 0 Å². The first-order chi connectivity index (χ1) is 9.86. The summed E-state index contributed by atoms with van der Waals surface area (Å²) in [6.07, 6.45) is -4.37. The molecule has 0 amide bonds. The van der Waals surface area contributed by atoms with E-state index in [-0.39, 0.29) is 0 Å². The van der Waals surface area contributed by atoms with Crippen LogP contribution in [0.1, 0.15) is 17.0 Å². The summed E-state index contributed by atoms with van der Waals surface area (Å²) in [5.74, 6) is 0.582. The van der Waals surface area contributed by atoms with Gasteiger partial charge in [0.15, 0.2) is 11.5 Å². The normalized spacial score (nSPS) is 12.0. The van der Waals surface area contributed by atoms with Gasteiger partial charge in [-0.25, -0.2) is 0 Å². The lowest BCUT2D eigenvalue weighted by Crippen LogP contribution is -2.05. The fraction of sp³-hybridized carbons (Fsp3) is 0.214. The molecule has 3 rings (SSSR count). The Morgan fingerprint density at radius 3 is 2.52 bits per heavy atom. The van der Waals surface area contributed by atoms with Gasteiger partial charge < -0.3 is 0 Å². The highest BCUT2D eigenvalue weighted by Crippen LogP contribution is 2.32. The summed E-state index contributed by atoms with van der Waals surface area (Å²) in [5.41, 5.74) is 1.52. The first-order valence-electron chi connectivity index (χ1n) is 6.23. The number of aromatic nitrogens is 4. The molecule has 2 aromatic heterocycles. The highest BCUT2D eigenvalue weighted by molar-refractivity contribution is 5.65. The van der Waals surface area contributed by atoms with Crippen molar-refractivity contribution >= 4 is 5.65 Å². The van der Waals surface area contributed by atoms with E-state index in [4.69, 9.17) is 0 Å². The molecule has 0 atom stereocenters. The maximum absolute atomic E-state index is 12.8. The zero-order chi connectivity index (χ0) is 15.2. The zero-order valence-electron chi connectivity index (χ0n) is 11.3. The van der Waals surface area contributed by atoms with Crippen LogP contribution in [0.4, 0.5) is 13.2 Å². The van der Waals surface area contributed by atoms with Crippen LogP contribution < -0.4 is 0 Å². The molecular formula is C14H11F3N4. The number of benzene rings is 1. The molecule has 108 valence electrons. The SMILES string of the molecule is Cc1cc2nnc(C)n2nc1-c1cccc(C(F)(F)F)c1. The zero-order valence-corrected chi connectivity index (χ0v) is 11.3. The maximum Gasteiger partial charge on any atom is 0.416 e. The summed E-state index contributed by atoms with van der Waals surface area (Å²) in [6.45, 7) is 3.52. The van der Waals surface area contributed by atoms with Crippen molar-refractivity contribution in [1.29, 1.82) is 0 Å². The number of halogens is 3. The molecule has 3 aromatic rings. The molecule has 4 nitrogen and oxygen atoms in total. The molecule has 0 unspecified atom stereocenters. The predicted molar refractivity (Wildman–Crippen MR) is 70.7 cm³/mol. The Morgan fingerprint density at radius 1 is 1.05 bits per heavy atom. The second-order valence-corrected chi connectivity index (χ2v) is 4.77. The molecule has 0 saturated heterocycles. The third-order valence-corrected chi connectivity index (χ3v) is 3.20. The van der Waals surface area contributed by atoms with Crippen LogP contribution in [0.5, 0.6) is 0 Å². The fourth-order valence-corrected chi connectivity index (χ4v) is 2.16. The van der Waals surface area contributed by atoms with Crippen LogP contribution in [0, 0.1) is 13.8 Å². The van der Waals surface area contributed by atoms with Crippen molar-refractivity contribution in [2.75, 3.05) is 0 Å². The lowest BCUT2D eigenvalue weighted by molar-refractivity contribution is -0.137. The third-order valence-electron chi connectivity index (χ3n) is 3.20. The van der Waals surface area contributed by atoms with Gasteiger partial charge in [0.05, 0.1) is 11.3 Å². The molecule has 0 saturated carbocycles. The van der Waals surface area contributed by atoms with E-state index in [9.17, 15) is 13.2 Å². The summed E-state index contributed by atoms with van der Waals surface area (Å²) in [4.78, 5) is 0. The summed E-state index contributed by atoms with van der Waals surface area (Å²) >= 11 is 0. The van der Waals surface area contributed by atoms with E-state index in [0.717, 1.165) is 17.7 Å². The Kier molecular flexibility index (Phi) is 2.93. The topological polar surface area (TPSA) is 43.1 Å². The first kappa shape index (κ1) is 13.5. The quantitative estimate of drug-likeness (QED) is 0.690. The Bertz CT molecular complexity index is 821. The summed E-state index contributed by atoms with van der Waals surface area (Å²) in [7, 11) is 0. The molecule has 0 N–H and O–H groups in total. The van der Waals surface area contributed by atoms with E-state index in [0.29, 0.717) is 22.7 Å². The molecule has 2 heterocycles. The van der Waals surface area contributed by atoms with E-state index in [1.165, 1.54) is 10.6 Å². The van der Waals surface area contributed by atoms with E-state index in [2.05, 4.69) is 15.3 Å². The van der Waals surface area contributed by atoms with Gasteiger partial charge in [0.1, 0.15) is 0 Å². The Labute approximate surface area is 118 Å². The van der Waals surface area contributed by atoms with Crippen LogP contribution in [-0.4, -0.2) is 19.8 Å². The summed E-state index contributed by atoms with van der Waals surface area (Å²) < 4.78 is 39.9. The lowest BCUT2D eigenvalue weighted by Gasteiger charge is -2.10. The first-order valence-corrected chi connectivity index (χ1v) is 6.23. The largest absolute Gasteiger partial charge is 0.416 e. The van der Waals surface area contributed by atoms with E-state index in [1.807, 2.05) is 0 Å². The van der Waals surface area contributed by atoms with Gasteiger partial charge in [0.2, 0.25) is 0 Å². The number of hydrogen-bond donors (Lipinski definition) is 0. The average molecular weight is 292 g/mol. The Morgan fingerprint density at radius 2 is 1.81 bits per heavy atom. The number of nitrogens with zero attached hydrogens (tertiary/aromatic N) is 4. The molecule has 0 aliphatic heterocycles. The van der Waals surface area contributed by atoms with Crippen LogP contribution in [0.2, 0.25) is 0 Å². The van der Waals surface area contributed by atoms with Gasteiger partial charge in [-0.15, -0.1) is 10.2 Å². The molecule has 0 aliphatic carbocycles. The number of fused-ring (bicyclic) bond motifs is 1. The Balaban J connectivity index is 2.20. The molecule has 7 heteroatoms. The lowest BCUT2D eigenvalue weighted by atomic mass is 10.0. The van der Waals surface area contributed by atoms with Gasteiger partial charge >= 0.3 is 6.18 Å². The van der Waals surface area contributed by atoms with Gasteiger partial charge in [-0.3, -0.25) is 0 Å². The van der Waals surface area contributed by atoms with E-state index < -0.39 is 11.7 Å².